The fourth-order valence-corrected chi connectivity index (χ4v) is 2.55. The van der Waals surface area contributed by atoms with Crippen LogP contribution in [-0.4, -0.2) is 9.97 Å². The number of aromatic nitrogens is 2. The summed E-state index contributed by atoms with van der Waals surface area (Å²) in [5.74, 6) is 1.71. The smallest absolute Gasteiger partial charge is 0.137 e. The number of nitrogens with one attached hydrogen (secondary N) is 1. The highest BCUT2D eigenvalue weighted by Gasteiger charge is 2.07. The Kier molecular flexibility index (Phi) is 4.67. The van der Waals surface area contributed by atoms with Gasteiger partial charge in [-0.05, 0) is 30.5 Å². The summed E-state index contributed by atoms with van der Waals surface area (Å²) in [6, 6.07) is 18.7. The molecule has 0 radical (unpaired) electrons. The van der Waals surface area contributed by atoms with E-state index in [9.17, 15) is 0 Å². The number of aryl methyl sites for hydroxylation is 2. The Bertz CT molecular complexity index is 782. The number of benzene rings is 2. The minimum absolute atomic E-state index is 0.741. The molecule has 0 aliphatic rings. The van der Waals surface area contributed by atoms with Crippen molar-refractivity contribution in [2.24, 2.45) is 0 Å². The Morgan fingerprint density at radius 3 is 2.48 bits per heavy atom. The molecule has 1 heterocycles. The van der Waals surface area contributed by atoms with Crippen LogP contribution in [0.5, 0.6) is 0 Å². The van der Waals surface area contributed by atoms with Crippen LogP contribution in [0, 0.1) is 6.92 Å². The van der Waals surface area contributed by atoms with Gasteiger partial charge in [0.2, 0.25) is 0 Å². The highest BCUT2D eigenvalue weighted by molar-refractivity contribution is 5.62. The van der Waals surface area contributed by atoms with Crippen LogP contribution in [0.15, 0.2) is 60.8 Å². The molecular weight excluding hydrogens is 282 g/mol. The van der Waals surface area contributed by atoms with Crippen molar-refractivity contribution < 1.29 is 0 Å². The highest BCUT2D eigenvalue weighted by Crippen LogP contribution is 2.22. The van der Waals surface area contributed by atoms with Gasteiger partial charge in [0.25, 0.3) is 0 Å². The maximum atomic E-state index is 4.72. The van der Waals surface area contributed by atoms with Crippen LogP contribution >= 0.6 is 0 Å². The van der Waals surface area contributed by atoms with Crippen molar-refractivity contribution in [1.29, 1.82) is 0 Å². The molecule has 0 saturated heterocycles. The van der Waals surface area contributed by atoms with Crippen molar-refractivity contribution in [3.05, 3.63) is 83.3 Å². The summed E-state index contributed by atoms with van der Waals surface area (Å²) in [4.78, 5) is 9.18. The fraction of sp³-hybridized carbons (Fsp3) is 0.200. The van der Waals surface area contributed by atoms with E-state index in [4.69, 9.17) is 4.98 Å². The van der Waals surface area contributed by atoms with Crippen LogP contribution in [0.3, 0.4) is 0 Å². The lowest BCUT2D eigenvalue weighted by Crippen LogP contribution is -2.04. The molecule has 3 aromatic rings. The monoisotopic (exact) mass is 303 g/mol. The number of para-hydroxylation sites is 1. The van der Waals surface area contributed by atoms with Gasteiger partial charge in [-0.1, -0.05) is 55.5 Å². The largest absolute Gasteiger partial charge is 0.340 e. The average molecular weight is 303 g/mol. The number of hydrogen-bond donors (Lipinski definition) is 1. The average Bonchev–Trinajstić information content (AvgIpc) is 2.59. The molecule has 1 N–H and O–H groups in total. The van der Waals surface area contributed by atoms with Crippen LogP contribution in [-0.2, 0) is 12.8 Å². The van der Waals surface area contributed by atoms with Gasteiger partial charge in [-0.15, -0.1) is 0 Å². The number of anilines is 2. The summed E-state index contributed by atoms with van der Waals surface area (Å²) in [5, 5.41) is 3.47. The third-order valence-corrected chi connectivity index (χ3v) is 3.88. The van der Waals surface area contributed by atoms with E-state index < -0.39 is 0 Å². The van der Waals surface area contributed by atoms with Crippen LogP contribution in [0.2, 0.25) is 0 Å². The zero-order valence-electron chi connectivity index (χ0n) is 13.6. The van der Waals surface area contributed by atoms with Gasteiger partial charge in [0.15, 0.2) is 0 Å². The zero-order chi connectivity index (χ0) is 16.1. The molecule has 0 aliphatic carbocycles. The van der Waals surface area contributed by atoms with Crippen LogP contribution < -0.4 is 5.32 Å². The van der Waals surface area contributed by atoms with E-state index >= 15 is 0 Å². The van der Waals surface area contributed by atoms with Crippen molar-refractivity contribution in [2.75, 3.05) is 5.32 Å². The number of rotatable bonds is 5. The Morgan fingerprint density at radius 2 is 1.70 bits per heavy atom. The van der Waals surface area contributed by atoms with Crippen LogP contribution in [0.25, 0.3) is 0 Å². The quantitative estimate of drug-likeness (QED) is 0.743. The van der Waals surface area contributed by atoms with Gasteiger partial charge >= 0.3 is 0 Å². The molecule has 0 aliphatic heterocycles. The van der Waals surface area contributed by atoms with Crippen molar-refractivity contribution >= 4 is 11.5 Å². The molecule has 0 spiro atoms. The lowest BCUT2D eigenvalue weighted by atomic mass is 10.1. The number of nitrogens with zero attached hydrogens (tertiary/aromatic N) is 2. The Morgan fingerprint density at radius 1 is 0.957 bits per heavy atom. The van der Waals surface area contributed by atoms with E-state index in [2.05, 4.69) is 47.6 Å². The summed E-state index contributed by atoms with van der Waals surface area (Å²) in [7, 11) is 0. The predicted octanol–water partition coefficient (Wildman–Crippen LogP) is 4.68. The molecule has 1 aromatic heterocycles. The molecule has 0 amide bonds. The van der Waals surface area contributed by atoms with E-state index in [1.54, 1.807) is 0 Å². The second-order valence-corrected chi connectivity index (χ2v) is 5.62. The van der Waals surface area contributed by atoms with Gasteiger partial charge in [0.05, 0.1) is 0 Å². The van der Waals surface area contributed by atoms with Crippen LogP contribution in [0.1, 0.15) is 29.4 Å². The van der Waals surface area contributed by atoms with Crippen molar-refractivity contribution in [3.8, 4) is 0 Å². The minimum Gasteiger partial charge on any atom is -0.340 e. The van der Waals surface area contributed by atoms with Gasteiger partial charge in [-0.3, -0.25) is 0 Å². The van der Waals surface area contributed by atoms with Gasteiger partial charge in [0, 0.05) is 23.9 Å². The molecular formula is C20H21N3. The van der Waals surface area contributed by atoms with Gasteiger partial charge in [-0.2, -0.15) is 0 Å². The van der Waals surface area contributed by atoms with E-state index in [0.29, 0.717) is 0 Å². The third kappa shape index (κ3) is 3.75. The summed E-state index contributed by atoms with van der Waals surface area (Å²) in [6.45, 7) is 4.19. The number of hydrogen-bond acceptors (Lipinski definition) is 3. The van der Waals surface area contributed by atoms with Crippen LogP contribution in [0.4, 0.5) is 11.5 Å². The van der Waals surface area contributed by atoms with Gasteiger partial charge < -0.3 is 5.32 Å². The summed E-state index contributed by atoms with van der Waals surface area (Å²) in [5.41, 5.74) is 4.67. The molecule has 0 unspecified atom stereocenters. The first-order valence-electron chi connectivity index (χ1n) is 7.97. The predicted molar refractivity (Wildman–Crippen MR) is 95.1 cm³/mol. The first-order valence-corrected chi connectivity index (χ1v) is 7.97. The molecule has 3 rings (SSSR count). The molecule has 0 saturated carbocycles. The molecule has 0 atom stereocenters. The summed E-state index contributed by atoms with van der Waals surface area (Å²) < 4.78 is 0. The maximum absolute atomic E-state index is 4.72. The standard InChI is InChI=1S/C20H21N3/c1-3-17-11-7-8-12-18(17)22-20-15(2)14-21-19(23-20)13-16-9-5-4-6-10-16/h4-12,14H,3,13H2,1-2H3,(H,21,22,23). The summed E-state index contributed by atoms with van der Waals surface area (Å²) in [6.07, 6.45) is 3.62. The maximum Gasteiger partial charge on any atom is 0.137 e. The molecule has 0 bridgehead atoms. The topological polar surface area (TPSA) is 37.8 Å². The first kappa shape index (κ1) is 15.2. The van der Waals surface area contributed by atoms with Crippen molar-refractivity contribution in [1.82, 2.24) is 9.97 Å². The zero-order valence-corrected chi connectivity index (χ0v) is 13.6. The lowest BCUT2D eigenvalue weighted by molar-refractivity contribution is 0.959. The summed E-state index contributed by atoms with van der Waals surface area (Å²) >= 11 is 0. The molecule has 2 aromatic carbocycles. The van der Waals surface area contributed by atoms with Crippen molar-refractivity contribution in [2.45, 2.75) is 26.7 Å². The van der Waals surface area contributed by atoms with E-state index in [0.717, 1.165) is 35.7 Å². The molecule has 3 nitrogen and oxygen atoms in total. The Hall–Kier alpha value is -2.68. The van der Waals surface area contributed by atoms with Gasteiger partial charge in [0.1, 0.15) is 11.6 Å². The molecule has 116 valence electrons. The fourth-order valence-electron chi connectivity index (χ4n) is 2.55. The SMILES string of the molecule is CCc1ccccc1Nc1nc(Cc2ccccc2)ncc1C. The third-order valence-electron chi connectivity index (χ3n) is 3.88. The Balaban J connectivity index is 1.86. The van der Waals surface area contributed by atoms with E-state index in [-0.39, 0.29) is 0 Å². The van der Waals surface area contributed by atoms with E-state index in [1.165, 1.54) is 11.1 Å². The van der Waals surface area contributed by atoms with Crippen molar-refractivity contribution in [3.63, 3.8) is 0 Å². The molecule has 0 fully saturated rings. The van der Waals surface area contributed by atoms with Gasteiger partial charge in [-0.25, -0.2) is 9.97 Å². The first-order chi connectivity index (χ1) is 11.3. The highest BCUT2D eigenvalue weighted by atomic mass is 15.0. The van der Waals surface area contributed by atoms with E-state index in [1.807, 2.05) is 37.4 Å². The second kappa shape index (κ2) is 7.05. The molecule has 23 heavy (non-hydrogen) atoms. The minimum atomic E-state index is 0.741. The lowest BCUT2D eigenvalue weighted by Gasteiger charge is -2.13. The second-order valence-electron chi connectivity index (χ2n) is 5.62. The Labute approximate surface area is 137 Å². The molecule has 3 heteroatoms. The normalized spacial score (nSPS) is 10.5.